The van der Waals surface area contributed by atoms with Gasteiger partial charge in [-0.1, -0.05) is 13.8 Å². The van der Waals surface area contributed by atoms with Crippen molar-refractivity contribution in [3.05, 3.63) is 22.5 Å². The standard InChI is InChI=1S/C15H16O5/c1-7(2)10-13(18)11-8(16)5-4-6-9(17)12(11)14(19)15(10)20-3/h7H,4-6H2,1-3H3. The van der Waals surface area contributed by atoms with Crippen LogP contribution in [0.2, 0.25) is 0 Å². The zero-order valence-electron chi connectivity index (χ0n) is 11.7. The predicted molar refractivity (Wildman–Crippen MR) is 69.8 cm³/mol. The molecular formula is C15H16O5. The topological polar surface area (TPSA) is 77.5 Å². The molecule has 20 heavy (non-hydrogen) atoms. The normalized spacial score (nSPS) is 20.6. The maximum atomic E-state index is 12.5. The molecule has 5 nitrogen and oxygen atoms in total. The predicted octanol–water partition coefficient (Wildman–Crippen LogP) is 1.31. The van der Waals surface area contributed by atoms with E-state index in [-0.39, 0.29) is 41.2 Å². The Morgan fingerprint density at radius 1 is 0.900 bits per heavy atom. The second-order valence-corrected chi connectivity index (χ2v) is 5.21. The van der Waals surface area contributed by atoms with Gasteiger partial charge in [0.1, 0.15) is 0 Å². The Kier molecular flexibility index (Phi) is 3.70. The Morgan fingerprint density at radius 2 is 1.40 bits per heavy atom. The van der Waals surface area contributed by atoms with Crippen LogP contribution in [0.4, 0.5) is 0 Å². The summed E-state index contributed by atoms with van der Waals surface area (Å²) in [6.07, 6.45) is 0.597. The molecule has 0 unspecified atom stereocenters. The highest BCUT2D eigenvalue weighted by Crippen LogP contribution is 2.33. The summed E-state index contributed by atoms with van der Waals surface area (Å²) in [5.41, 5.74) is -0.333. The van der Waals surface area contributed by atoms with Crippen molar-refractivity contribution in [2.24, 2.45) is 5.92 Å². The van der Waals surface area contributed by atoms with Crippen LogP contribution in [0.25, 0.3) is 0 Å². The van der Waals surface area contributed by atoms with E-state index in [2.05, 4.69) is 0 Å². The van der Waals surface area contributed by atoms with Gasteiger partial charge in [-0.25, -0.2) is 0 Å². The molecule has 2 aliphatic carbocycles. The first kappa shape index (κ1) is 14.4. The summed E-state index contributed by atoms with van der Waals surface area (Å²) >= 11 is 0. The lowest BCUT2D eigenvalue weighted by molar-refractivity contribution is -0.125. The van der Waals surface area contributed by atoms with E-state index >= 15 is 0 Å². The third-order valence-electron chi connectivity index (χ3n) is 3.55. The summed E-state index contributed by atoms with van der Waals surface area (Å²) in [6, 6.07) is 0. The number of ether oxygens (including phenoxy) is 1. The molecule has 0 amide bonds. The number of carbonyl (C=O) groups is 4. The Bertz CT molecular complexity index is 589. The lowest BCUT2D eigenvalue weighted by Crippen LogP contribution is -2.32. The summed E-state index contributed by atoms with van der Waals surface area (Å²) in [5.74, 6) is -2.40. The smallest absolute Gasteiger partial charge is 0.232 e. The van der Waals surface area contributed by atoms with E-state index in [1.165, 1.54) is 7.11 Å². The van der Waals surface area contributed by atoms with Crippen molar-refractivity contribution >= 4 is 23.1 Å². The molecular weight excluding hydrogens is 260 g/mol. The monoisotopic (exact) mass is 276 g/mol. The highest BCUT2D eigenvalue weighted by atomic mass is 16.5. The van der Waals surface area contributed by atoms with Gasteiger partial charge in [0.15, 0.2) is 23.1 Å². The number of methoxy groups -OCH3 is 1. The molecule has 0 bridgehead atoms. The minimum atomic E-state index is -0.633. The number of Topliss-reactive ketones (excluding diaryl/α,β-unsaturated/α-hetero) is 4. The Balaban J connectivity index is 2.69. The van der Waals surface area contributed by atoms with E-state index in [1.807, 2.05) is 0 Å². The molecule has 106 valence electrons. The first-order valence-corrected chi connectivity index (χ1v) is 6.58. The zero-order chi connectivity index (χ0) is 15.0. The van der Waals surface area contributed by atoms with Gasteiger partial charge >= 0.3 is 0 Å². The van der Waals surface area contributed by atoms with Gasteiger partial charge in [0.2, 0.25) is 5.78 Å². The van der Waals surface area contributed by atoms with Gasteiger partial charge in [0.25, 0.3) is 0 Å². The van der Waals surface area contributed by atoms with Crippen molar-refractivity contribution in [3.8, 4) is 0 Å². The molecule has 0 N–H and O–H groups in total. The maximum absolute atomic E-state index is 12.5. The van der Waals surface area contributed by atoms with E-state index in [0.717, 1.165) is 0 Å². The van der Waals surface area contributed by atoms with Gasteiger partial charge in [-0.2, -0.15) is 0 Å². The lowest BCUT2D eigenvalue weighted by atomic mass is 9.80. The molecule has 0 aromatic carbocycles. The Labute approximate surface area is 116 Å². The molecule has 0 spiro atoms. The van der Waals surface area contributed by atoms with Crippen LogP contribution in [-0.2, 0) is 23.9 Å². The molecule has 0 saturated heterocycles. The second kappa shape index (κ2) is 5.15. The Hall–Kier alpha value is -2.04. The Morgan fingerprint density at radius 3 is 1.85 bits per heavy atom. The third kappa shape index (κ3) is 2.03. The molecule has 0 heterocycles. The van der Waals surface area contributed by atoms with E-state index in [9.17, 15) is 19.2 Å². The van der Waals surface area contributed by atoms with E-state index in [1.54, 1.807) is 13.8 Å². The van der Waals surface area contributed by atoms with Crippen LogP contribution < -0.4 is 0 Å². The van der Waals surface area contributed by atoms with Gasteiger partial charge in [0.05, 0.1) is 18.3 Å². The molecule has 0 aromatic rings. The summed E-state index contributed by atoms with van der Waals surface area (Å²) in [5, 5.41) is 0. The first-order valence-electron chi connectivity index (χ1n) is 6.58. The van der Waals surface area contributed by atoms with Crippen molar-refractivity contribution in [2.45, 2.75) is 33.1 Å². The van der Waals surface area contributed by atoms with Crippen molar-refractivity contribution in [1.82, 2.24) is 0 Å². The van der Waals surface area contributed by atoms with Crippen molar-refractivity contribution < 1.29 is 23.9 Å². The molecule has 2 rings (SSSR count). The number of rotatable bonds is 2. The van der Waals surface area contributed by atoms with E-state index < -0.39 is 23.1 Å². The molecule has 0 fully saturated rings. The molecule has 5 heteroatoms. The fraction of sp³-hybridized carbons (Fsp3) is 0.467. The van der Waals surface area contributed by atoms with Crippen LogP contribution in [0.5, 0.6) is 0 Å². The van der Waals surface area contributed by atoms with Gasteiger partial charge in [-0.3, -0.25) is 19.2 Å². The summed E-state index contributed by atoms with van der Waals surface area (Å²) in [4.78, 5) is 49.0. The van der Waals surface area contributed by atoms with Crippen molar-refractivity contribution in [3.63, 3.8) is 0 Å². The van der Waals surface area contributed by atoms with Crippen LogP contribution in [0.15, 0.2) is 22.5 Å². The van der Waals surface area contributed by atoms with Crippen LogP contribution in [0.3, 0.4) is 0 Å². The fourth-order valence-electron chi connectivity index (χ4n) is 2.62. The van der Waals surface area contributed by atoms with Crippen molar-refractivity contribution in [1.29, 1.82) is 0 Å². The second-order valence-electron chi connectivity index (χ2n) is 5.21. The molecule has 0 aliphatic heterocycles. The number of allylic oxidation sites excluding steroid dienone is 3. The molecule has 2 aliphatic rings. The zero-order valence-corrected chi connectivity index (χ0v) is 11.7. The maximum Gasteiger partial charge on any atom is 0.232 e. The van der Waals surface area contributed by atoms with E-state index in [4.69, 9.17) is 4.74 Å². The summed E-state index contributed by atoms with van der Waals surface area (Å²) in [7, 11) is 1.29. The van der Waals surface area contributed by atoms with Crippen molar-refractivity contribution in [2.75, 3.05) is 7.11 Å². The minimum absolute atomic E-state index is 0.105. The van der Waals surface area contributed by atoms with Gasteiger partial charge in [0, 0.05) is 18.4 Å². The quantitative estimate of drug-likeness (QED) is 0.561. The average Bonchev–Trinajstić information content (AvgIpc) is 2.52. The van der Waals surface area contributed by atoms with Gasteiger partial charge < -0.3 is 4.74 Å². The highest BCUT2D eigenvalue weighted by Gasteiger charge is 2.42. The summed E-state index contributed by atoms with van der Waals surface area (Å²) < 4.78 is 5.03. The van der Waals surface area contributed by atoms with Gasteiger partial charge in [-0.05, 0) is 12.3 Å². The largest absolute Gasteiger partial charge is 0.492 e. The first-order chi connectivity index (χ1) is 9.40. The minimum Gasteiger partial charge on any atom is -0.492 e. The van der Waals surface area contributed by atoms with Crippen LogP contribution in [0.1, 0.15) is 33.1 Å². The number of hydrogen-bond acceptors (Lipinski definition) is 5. The number of hydrogen-bond donors (Lipinski definition) is 0. The van der Waals surface area contributed by atoms with Gasteiger partial charge in [-0.15, -0.1) is 0 Å². The van der Waals surface area contributed by atoms with Crippen LogP contribution in [0, 0.1) is 5.92 Å². The highest BCUT2D eigenvalue weighted by molar-refractivity contribution is 6.42. The van der Waals surface area contributed by atoms with Crippen LogP contribution in [-0.4, -0.2) is 30.2 Å². The summed E-state index contributed by atoms with van der Waals surface area (Å²) in [6.45, 7) is 3.49. The third-order valence-corrected chi connectivity index (χ3v) is 3.55. The molecule has 0 saturated carbocycles. The van der Waals surface area contributed by atoms with E-state index in [0.29, 0.717) is 6.42 Å². The van der Waals surface area contributed by atoms with Crippen LogP contribution >= 0.6 is 0 Å². The molecule has 0 atom stereocenters. The average molecular weight is 276 g/mol. The number of carbonyl (C=O) groups excluding carboxylic acids is 4. The number of ketones is 4. The molecule has 0 aromatic heterocycles. The SMILES string of the molecule is COC1=C(C(C)C)C(=O)C2=C(C(=O)CCCC2=O)C1=O. The molecule has 0 radical (unpaired) electrons. The lowest BCUT2D eigenvalue weighted by Gasteiger charge is -2.22. The fourth-order valence-corrected chi connectivity index (χ4v) is 2.62.